The van der Waals surface area contributed by atoms with Crippen LogP contribution in [-0.2, 0) is 15.5 Å². The molecule has 0 aliphatic heterocycles. The number of aromatic nitrogens is 2. The van der Waals surface area contributed by atoms with E-state index < -0.39 is 15.0 Å². The Labute approximate surface area is 111 Å². The van der Waals surface area contributed by atoms with E-state index in [0.717, 1.165) is 0 Å². The summed E-state index contributed by atoms with van der Waals surface area (Å²) in [6.45, 7) is 5.43. The highest BCUT2D eigenvalue weighted by Gasteiger charge is 2.28. The zero-order chi connectivity index (χ0) is 13.9. The molecule has 18 heavy (non-hydrogen) atoms. The molecule has 0 bridgehead atoms. The van der Waals surface area contributed by atoms with E-state index in [2.05, 4.69) is 15.5 Å². The first-order valence-electron chi connectivity index (χ1n) is 5.60. The second kappa shape index (κ2) is 5.71. The van der Waals surface area contributed by atoms with Crippen molar-refractivity contribution in [1.29, 1.82) is 0 Å². The number of hydrogen-bond acceptors (Lipinski definition) is 4. The van der Waals surface area contributed by atoms with Crippen LogP contribution in [0.2, 0.25) is 0 Å². The predicted molar refractivity (Wildman–Crippen MR) is 68.2 cm³/mol. The van der Waals surface area contributed by atoms with Crippen LogP contribution < -0.4 is 5.32 Å². The third-order valence-electron chi connectivity index (χ3n) is 2.17. The maximum atomic E-state index is 11.8. The summed E-state index contributed by atoms with van der Waals surface area (Å²) < 4.78 is 23.1. The lowest BCUT2D eigenvalue weighted by Gasteiger charge is -2.07. The molecule has 0 saturated carbocycles. The summed E-state index contributed by atoms with van der Waals surface area (Å²) in [4.78, 5) is 11.6. The normalized spacial score (nSPS) is 11.8. The molecular formula is C10H16ClN3O3S. The van der Waals surface area contributed by atoms with Gasteiger partial charge in [-0.05, 0) is 20.3 Å². The number of carbonyl (C=O) groups excluding carboxylic acids is 1. The zero-order valence-electron chi connectivity index (χ0n) is 10.4. The summed E-state index contributed by atoms with van der Waals surface area (Å²) in [5.41, 5.74) is 0.184. The van der Waals surface area contributed by atoms with Crippen LogP contribution >= 0.6 is 10.7 Å². The Morgan fingerprint density at radius 2 is 2.11 bits per heavy atom. The van der Waals surface area contributed by atoms with Crippen molar-refractivity contribution in [3.8, 4) is 0 Å². The van der Waals surface area contributed by atoms with Crippen molar-refractivity contribution >= 4 is 25.6 Å². The highest BCUT2D eigenvalue weighted by Crippen LogP contribution is 2.23. The first-order chi connectivity index (χ1) is 8.27. The Morgan fingerprint density at radius 3 is 2.56 bits per heavy atom. The minimum atomic E-state index is -4.01. The van der Waals surface area contributed by atoms with Gasteiger partial charge in [0.15, 0.2) is 5.69 Å². The van der Waals surface area contributed by atoms with E-state index in [4.69, 9.17) is 10.7 Å². The lowest BCUT2D eigenvalue weighted by Crippen LogP contribution is -2.31. The molecule has 0 fully saturated rings. The highest BCUT2D eigenvalue weighted by molar-refractivity contribution is 8.13. The van der Waals surface area contributed by atoms with Crippen LogP contribution in [-0.4, -0.2) is 30.6 Å². The van der Waals surface area contributed by atoms with Gasteiger partial charge >= 0.3 is 0 Å². The van der Waals surface area contributed by atoms with Gasteiger partial charge in [-0.1, -0.05) is 13.3 Å². The molecule has 0 saturated heterocycles. The number of halogens is 1. The average molecular weight is 294 g/mol. The Morgan fingerprint density at radius 1 is 1.50 bits per heavy atom. The van der Waals surface area contributed by atoms with Crippen molar-refractivity contribution < 1.29 is 13.2 Å². The van der Waals surface area contributed by atoms with Gasteiger partial charge < -0.3 is 5.32 Å². The van der Waals surface area contributed by atoms with E-state index in [0.29, 0.717) is 18.5 Å². The van der Waals surface area contributed by atoms with Crippen LogP contribution in [0.5, 0.6) is 0 Å². The highest BCUT2D eigenvalue weighted by atomic mass is 35.7. The maximum Gasteiger partial charge on any atom is 0.273 e. The quantitative estimate of drug-likeness (QED) is 0.803. The van der Waals surface area contributed by atoms with Gasteiger partial charge in [-0.15, -0.1) is 0 Å². The number of hydrogen-bond donors (Lipinski definition) is 2. The lowest BCUT2D eigenvalue weighted by atomic mass is 10.2. The number of nitrogens with one attached hydrogen (secondary N) is 2. The molecule has 8 heteroatoms. The van der Waals surface area contributed by atoms with E-state index in [1.165, 1.54) is 0 Å². The van der Waals surface area contributed by atoms with Crippen molar-refractivity contribution in [3.63, 3.8) is 0 Å². The van der Waals surface area contributed by atoms with Gasteiger partial charge in [-0.2, -0.15) is 5.10 Å². The van der Waals surface area contributed by atoms with E-state index in [1.807, 2.05) is 6.92 Å². The van der Waals surface area contributed by atoms with E-state index in [-0.39, 0.29) is 16.6 Å². The fourth-order valence-corrected chi connectivity index (χ4v) is 2.84. The van der Waals surface area contributed by atoms with E-state index in [1.54, 1.807) is 13.8 Å². The summed E-state index contributed by atoms with van der Waals surface area (Å²) in [6, 6.07) is -0.116. The fourth-order valence-electron chi connectivity index (χ4n) is 1.53. The number of aryl methyl sites for hydroxylation is 1. The molecular weight excluding hydrogens is 278 g/mol. The molecule has 1 rings (SSSR count). The summed E-state index contributed by atoms with van der Waals surface area (Å²) in [5, 5.41) is 8.90. The molecule has 0 aliphatic carbocycles. The molecule has 0 spiro atoms. The molecule has 0 unspecified atom stereocenters. The molecule has 6 nitrogen and oxygen atoms in total. The summed E-state index contributed by atoms with van der Waals surface area (Å²) in [5.74, 6) is -0.553. The zero-order valence-corrected chi connectivity index (χ0v) is 12.0. The molecule has 0 aromatic carbocycles. The van der Waals surface area contributed by atoms with Crippen molar-refractivity contribution in [1.82, 2.24) is 15.5 Å². The molecule has 1 aromatic heterocycles. The number of rotatable bonds is 5. The molecule has 0 aliphatic rings. The summed E-state index contributed by atoms with van der Waals surface area (Å²) >= 11 is 0. The maximum absolute atomic E-state index is 11.8. The Balaban J connectivity index is 3.25. The lowest BCUT2D eigenvalue weighted by molar-refractivity contribution is 0.0934. The van der Waals surface area contributed by atoms with Gasteiger partial charge in [0.25, 0.3) is 15.0 Å². The fraction of sp³-hybridized carbons (Fsp3) is 0.600. The van der Waals surface area contributed by atoms with Crippen LogP contribution in [0.3, 0.4) is 0 Å². The van der Waals surface area contributed by atoms with E-state index >= 15 is 0 Å². The van der Waals surface area contributed by atoms with Gasteiger partial charge in [0.1, 0.15) is 4.90 Å². The van der Waals surface area contributed by atoms with Gasteiger partial charge in [-0.3, -0.25) is 9.89 Å². The monoisotopic (exact) mass is 293 g/mol. The Kier molecular flexibility index (Phi) is 4.75. The Bertz CT molecular complexity index is 537. The minimum absolute atomic E-state index is 0.116. The van der Waals surface area contributed by atoms with Gasteiger partial charge in [0.05, 0.1) is 5.69 Å². The molecule has 1 heterocycles. The van der Waals surface area contributed by atoms with Crippen LogP contribution in [0.25, 0.3) is 0 Å². The van der Waals surface area contributed by atoms with Crippen LogP contribution in [0.4, 0.5) is 0 Å². The molecule has 2 N–H and O–H groups in total. The predicted octanol–water partition coefficient (Wildman–Crippen LogP) is 1.43. The number of amides is 1. The second-order valence-electron chi connectivity index (χ2n) is 4.20. The molecule has 102 valence electrons. The summed E-state index contributed by atoms with van der Waals surface area (Å²) in [6.07, 6.45) is 1.18. The second-order valence-corrected chi connectivity index (χ2v) is 6.70. The number of aromatic amines is 1. The van der Waals surface area contributed by atoms with Crippen molar-refractivity contribution in [3.05, 3.63) is 11.4 Å². The largest absolute Gasteiger partial charge is 0.348 e. The minimum Gasteiger partial charge on any atom is -0.348 e. The number of H-pyrrole nitrogens is 1. The molecule has 1 aromatic rings. The topological polar surface area (TPSA) is 91.9 Å². The first-order valence-corrected chi connectivity index (χ1v) is 7.91. The van der Waals surface area contributed by atoms with Gasteiger partial charge in [-0.25, -0.2) is 8.42 Å². The standard InChI is InChI=1S/C10H16ClN3O3S/c1-4-5-7-9(18(11,16)17)8(14-13-7)10(15)12-6(2)3/h6H,4-5H2,1-3H3,(H,12,15)(H,13,14). The van der Waals surface area contributed by atoms with Crippen molar-refractivity contribution in [2.75, 3.05) is 0 Å². The van der Waals surface area contributed by atoms with E-state index in [9.17, 15) is 13.2 Å². The van der Waals surface area contributed by atoms with Gasteiger partial charge in [0, 0.05) is 16.7 Å². The van der Waals surface area contributed by atoms with Crippen LogP contribution in [0, 0.1) is 0 Å². The molecule has 0 atom stereocenters. The number of nitrogens with zero attached hydrogens (tertiary/aromatic N) is 1. The smallest absolute Gasteiger partial charge is 0.273 e. The third-order valence-corrected chi connectivity index (χ3v) is 3.56. The number of carbonyl (C=O) groups is 1. The average Bonchev–Trinajstić information content (AvgIpc) is 2.60. The summed E-state index contributed by atoms with van der Waals surface area (Å²) in [7, 11) is 1.35. The van der Waals surface area contributed by atoms with Crippen LogP contribution in [0.15, 0.2) is 4.90 Å². The molecule has 0 radical (unpaired) electrons. The van der Waals surface area contributed by atoms with Crippen molar-refractivity contribution in [2.45, 2.75) is 44.6 Å². The third kappa shape index (κ3) is 3.46. The van der Waals surface area contributed by atoms with Crippen LogP contribution in [0.1, 0.15) is 43.4 Å². The molecule has 1 amide bonds. The van der Waals surface area contributed by atoms with Gasteiger partial charge in [0.2, 0.25) is 0 Å². The Hall–Kier alpha value is -1.08. The SMILES string of the molecule is CCCc1[nH]nc(C(=O)NC(C)C)c1S(=O)(=O)Cl. The van der Waals surface area contributed by atoms with Crippen molar-refractivity contribution in [2.24, 2.45) is 0 Å². The first kappa shape index (κ1) is 15.0.